The number of anilines is 1. The Balaban J connectivity index is 3.07. The number of halogens is 1. The Morgan fingerprint density at radius 2 is 2.25 bits per heavy atom. The van der Waals surface area contributed by atoms with Gasteiger partial charge in [0.25, 0.3) is 0 Å². The van der Waals surface area contributed by atoms with Crippen LogP contribution in [-0.4, -0.2) is 0 Å². The number of rotatable bonds is 2. The second kappa shape index (κ2) is 4.06. The van der Waals surface area contributed by atoms with E-state index in [4.69, 9.17) is 17.3 Å². The van der Waals surface area contributed by atoms with Gasteiger partial charge in [0.15, 0.2) is 0 Å². The molecule has 0 aromatic heterocycles. The number of para-hydroxylation sites is 1. The van der Waals surface area contributed by atoms with Crippen molar-refractivity contribution in [2.24, 2.45) is 0 Å². The van der Waals surface area contributed by atoms with Crippen molar-refractivity contribution in [1.29, 1.82) is 0 Å². The molecule has 0 saturated carbocycles. The minimum atomic E-state index is 0.229. The van der Waals surface area contributed by atoms with Gasteiger partial charge in [-0.25, -0.2) is 0 Å². The van der Waals surface area contributed by atoms with E-state index < -0.39 is 0 Å². The van der Waals surface area contributed by atoms with Crippen molar-refractivity contribution in [3.05, 3.63) is 34.5 Å². The molecule has 3 heteroatoms. The van der Waals surface area contributed by atoms with Gasteiger partial charge in [0.2, 0.25) is 0 Å². The molecule has 1 unspecified atom stereocenters. The van der Waals surface area contributed by atoms with Crippen LogP contribution in [0.2, 0.25) is 5.02 Å². The van der Waals surface area contributed by atoms with E-state index in [-0.39, 0.29) is 5.92 Å². The van der Waals surface area contributed by atoms with Gasteiger partial charge in [0.1, 0.15) is 0 Å². The fourth-order valence-electron chi connectivity index (χ4n) is 1.03. The molecule has 0 aliphatic rings. The monoisotopic (exact) mass is 200 g/mol. The van der Waals surface area contributed by atoms with Gasteiger partial charge in [-0.15, -0.1) is 0 Å². The average Bonchev–Trinajstić information content (AvgIpc) is 2.08. The number of nitrogen functional groups attached to an aromatic ring is 1. The number of thiol groups is 1. The minimum absolute atomic E-state index is 0.229. The molecule has 1 radical (unpaired) electrons. The first-order chi connectivity index (χ1) is 5.66. The first-order valence-corrected chi connectivity index (χ1v) is 4.57. The van der Waals surface area contributed by atoms with Crippen molar-refractivity contribution in [3.63, 3.8) is 0 Å². The van der Waals surface area contributed by atoms with Crippen molar-refractivity contribution in [2.45, 2.75) is 12.8 Å². The standard InChI is InChI=1S/C9H11ClNS/c1-6(5-12)7-3-2-4-8(10)9(7)11/h2-6,12H,11H2,1H3. The van der Waals surface area contributed by atoms with E-state index in [2.05, 4.69) is 12.6 Å². The van der Waals surface area contributed by atoms with E-state index in [1.54, 1.807) is 11.8 Å². The molecule has 1 atom stereocenters. The first kappa shape index (κ1) is 9.75. The summed E-state index contributed by atoms with van der Waals surface area (Å²) in [6.45, 7) is 2.02. The Kier molecular flexibility index (Phi) is 3.29. The Bertz CT molecular complexity index is 275. The molecular weight excluding hydrogens is 190 g/mol. The summed E-state index contributed by atoms with van der Waals surface area (Å²) in [6.07, 6.45) is 0. The van der Waals surface area contributed by atoms with E-state index >= 15 is 0 Å². The van der Waals surface area contributed by atoms with Gasteiger partial charge in [-0.2, -0.15) is 12.6 Å². The minimum Gasteiger partial charge on any atom is -0.397 e. The van der Waals surface area contributed by atoms with Crippen LogP contribution >= 0.6 is 24.2 Å². The molecule has 0 spiro atoms. The Hall–Kier alpha value is -0.340. The Labute approximate surface area is 83.3 Å². The highest BCUT2D eigenvalue weighted by Crippen LogP contribution is 2.30. The fourth-order valence-corrected chi connectivity index (χ4v) is 1.37. The van der Waals surface area contributed by atoms with Crippen LogP contribution in [0.1, 0.15) is 18.4 Å². The van der Waals surface area contributed by atoms with Crippen molar-refractivity contribution >= 4 is 29.9 Å². The zero-order chi connectivity index (χ0) is 9.14. The van der Waals surface area contributed by atoms with Crippen LogP contribution in [-0.2, 0) is 0 Å². The maximum absolute atomic E-state index is 5.85. The second-order valence-electron chi connectivity index (χ2n) is 2.68. The highest BCUT2D eigenvalue weighted by atomic mass is 35.5. The maximum atomic E-state index is 5.85. The number of hydrogen-bond acceptors (Lipinski definition) is 2. The van der Waals surface area contributed by atoms with E-state index in [1.807, 2.05) is 19.1 Å². The number of hydrogen-bond donors (Lipinski definition) is 2. The van der Waals surface area contributed by atoms with Crippen LogP contribution in [0.5, 0.6) is 0 Å². The molecule has 1 aromatic carbocycles. The smallest absolute Gasteiger partial charge is 0.0638 e. The summed E-state index contributed by atoms with van der Waals surface area (Å²) in [4.78, 5) is 0. The topological polar surface area (TPSA) is 26.0 Å². The molecule has 65 valence electrons. The first-order valence-electron chi connectivity index (χ1n) is 3.68. The normalized spacial score (nSPS) is 12.9. The van der Waals surface area contributed by atoms with Crippen molar-refractivity contribution in [3.8, 4) is 0 Å². The molecule has 1 aromatic rings. The van der Waals surface area contributed by atoms with Crippen molar-refractivity contribution < 1.29 is 0 Å². The van der Waals surface area contributed by atoms with Crippen LogP contribution in [0.3, 0.4) is 0 Å². The summed E-state index contributed by atoms with van der Waals surface area (Å²) in [6, 6.07) is 5.63. The van der Waals surface area contributed by atoms with Crippen LogP contribution in [0.15, 0.2) is 18.2 Å². The lowest BCUT2D eigenvalue weighted by Gasteiger charge is -2.11. The molecule has 0 saturated heterocycles. The quantitative estimate of drug-likeness (QED) is 0.557. The Morgan fingerprint density at radius 1 is 1.58 bits per heavy atom. The third-order valence-corrected chi connectivity index (χ3v) is 2.58. The highest BCUT2D eigenvalue weighted by Gasteiger charge is 2.08. The third-order valence-electron chi connectivity index (χ3n) is 1.80. The molecule has 0 heterocycles. The zero-order valence-corrected chi connectivity index (χ0v) is 8.44. The van der Waals surface area contributed by atoms with Gasteiger partial charge in [-0.05, 0) is 17.5 Å². The molecule has 0 aliphatic carbocycles. The summed E-state index contributed by atoms with van der Waals surface area (Å²) < 4.78 is 0. The van der Waals surface area contributed by atoms with Crippen LogP contribution < -0.4 is 5.73 Å². The van der Waals surface area contributed by atoms with Gasteiger partial charge in [0.05, 0.1) is 10.7 Å². The van der Waals surface area contributed by atoms with Gasteiger partial charge in [-0.3, -0.25) is 0 Å². The lowest BCUT2D eigenvalue weighted by atomic mass is 10.0. The summed E-state index contributed by atoms with van der Waals surface area (Å²) in [7, 11) is 0. The van der Waals surface area contributed by atoms with Gasteiger partial charge in [-0.1, -0.05) is 30.7 Å². The van der Waals surface area contributed by atoms with Gasteiger partial charge < -0.3 is 5.73 Å². The third kappa shape index (κ3) is 1.87. The summed E-state index contributed by atoms with van der Waals surface area (Å²) in [5.74, 6) is 2.02. The molecule has 0 fully saturated rings. The maximum Gasteiger partial charge on any atom is 0.0638 e. The highest BCUT2D eigenvalue weighted by molar-refractivity contribution is 7.82. The summed E-state index contributed by atoms with van der Waals surface area (Å²) in [5.41, 5.74) is 7.45. The fraction of sp³-hybridized carbons (Fsp3) is 0.222. The lowest BCUT2D eigenvalue weighted by Crippen LogP contribution is -1.98. The van der Waals surface area contributed by atoms with Crippen molar-refractivity contribution in [1.82, 2.24) is 0 Å². The molecule has 0 amide bonds. The molecule has 0 aliphatic heterocycles. The van der Waals surface area contributed by atoms with Crippen LogP contribution in [0.4, 0.5) is 5.69 Å². The second-order valence-corrected chi connectivity index (χ2v) is 3.39. The van der Waals surface area contributed by atoms with E-state index in [0.717, 1.165) is 5.56 Å². The lowest BCUT2D eigenvalue weighted by molar-refractivity contribution is 0.953. The van der Waals surface area contributed by atoms with Crippen LogP contribution in [0, 0.1) is 5.75 Å². The van der Waals surface area contributed by atoms with Gasteiger partial charge in [0, 0.05) is 5.75 Å². The summed E-state index contributed by atoms with van der Waals surface area (Å²) in [5, 5.41) is 0.606. The molecule has 1 nitrogen and oxygen atoms in total. The zero-order valence-electron chi connectivity index (χ0n) is 6.79. The predicted octanol–water partition coefficient (Wildman–Crippen LogP) is 3.12. The summed E-state index contributed by atoms with van der Waals surface area (Å²) >= 11 is 9.94. The number of benzene rings is 1. The SMILES string of the molecule is CC([CH]S)c1cccc(Cl)c1N. The molecule has 1 rings (SSSR count). The van der Waals surface area contributed by atoms with Crippen molar-refractivity contribution in [2.75, 3.05) is 5.73 Å². The Morgan fingerprint density at radius 3 is 2.83 bits per heavy atom. The molecule has 2 N–H and O–H groups in total. The molecule has 12 heavy (non-hydrogen) atoms. The number of nitrogens with two attached hydrogens (primary N) is 1. The average molecular weight is 201 g/mol. The van der Waals surface area contributed by atoms with E-state index in [1.165, 1.54) is 0 Å². The predicted molar refractivity (Wildman–Crippen MR) is 57.6 cm³/mol. The van der Waals surface area contributed by atoms with E-state index in [9.17, 15) is 0 Å². The van der Waals surface area contributed by atoms with Crippen LogP contribution in [0.25, 0.3) is 0 Å². The molecule has 0 bridgehead atoms. The largest absolute Gasteiger partial charge is 0.397 e. The van der Waals surface area contributed by atoms with E-state index in [0.29, 0.717) is 10.7 Å². The molecular formula is C9H11ClNS. The van der Waals surface area contributed by atoms with Gasteiger partial charge >= 0.3 is 0 Å².